The molecule has 1 aliphatic carbocycles. The van der Waals surface area contributed by atoms with Crippen molar-refractivity contribution in [3.63, 3.8) is 0 Å². The van der Waals surface area contributed by atoms with Crippen LogP contribution in [0.5, 0.6) is 5.75 Å². The number of carbonyl (C=O) groups excluding carboxylic acids is 1. The minimum absolute atomic E-state index is 0.0799. The largest absolute Gasteiger partial charge is 0.511 e. The molecule has 2 rings (SSSR count). The van der Waals surface area contributed by atoms with E-state index in [1.807, 2.05) is 0 Å². The van der Waals surface area contributed by atoms with E-state index in [0.717, 1.165) is 12.8 Å². The molecular formula is C19H24O5. The van der Waals surface area contributed by atoms with Crippen molar-refractivity contribution in [1.29, 1.82) is 0 Å². The van der Waals surface area contributed by atoms with Gasteiger partial charge in [-0.2, -0.15) is 0 Å². The monoisotopic (exact) mass is 332 g/mol. The lowest BCUT2D eigenvalue weighted by Gasteiger charge is -2.30. The van der Waals surface area contributed by atoms with Crippen LogP contribution in [-0.4, -0.2) is 37.5 Å². The highest BCUT2D eigenvalue weighted by molar-refractivity contribution is 6.00. The third-order valence-corrected chi connectivity index (χ3v) is 3.97. The zero-order valence-corrected chi connectivity index (χ0v) is 14.3. The van der Waals surface area contributed by atoms with E-state index in [2.05, 4.69) is 6.92 Å². The Hall–Kier alpha value is -2.11. The molecule has 0 saturated heterocycles. The fourth-order valence-corrected chi connectivity index (χ4v) is 2.50. The summed E-state index contributed by atoms with van der Waals surface area (Å²) in [6, 6.07) is 6.86. The van der Waals surface area contributed by atoms with Gasteiger partial charge < -0.3 is 19.3 Å². The molecule has 1 aromatic rings. The molecule has 1 aliphatic rings. The van der Waals surface area contributed by atoms with Crippen molar-refractivity contribution >= 4 is 5.78 Å². The van der Waals surface area contributed by atoms with Gasteiger partial charge in [0.1, 0.15) is 11.5 Å². The van der Waals surface area contributed by atoms with E-state index in [4.69, 9.17) is 14.2 Å². The maximum atomic E-state index is 12.6. The standard InChI is InChI=1S/C19H24O5/c1-4-5-11-24-19(23-3)10-9-16(17(20)13-19)18(21)14-7-6-8-15(12-14)22-2/h6-10,12-13,16,20H,4-5,11H2,1-3H3. The van der Waals surface area contributed by atoms with Crippen molar-refractivity contribution in [2.24, 2.45) is 5.92 Å². The van der Waals surface area contributed by atoms with E-state index in [-0.39, 0.29) is 11.5 Å². The van der Waals surface area contributed by atoms with Gasteiger partial charge in [0.15, 0.2) is 5.78 Å². The van der Waals surface area contributed by atoms with Gasteiger partial charge in [0.25, 0.3) is 0 Å². The average molecular weight is 332 g/mol. The quantitative estimate of drug-likeness (QED) is 0.341. The second-order valence-electron chi connectivity index (χ2n) is 5.63. The maximum absolute atomic E-state index is 12.6. The fraction of sp³-hybridized carbons (Fsp3) is 0.421. The number of hydrogen-bond acceptors (Lipinski definition) is 5. The Bertz CT molecular complexity index is 634. The summed E-state index contributed by atoms with van der Waals surface area (Å²) in [5, 5.41) is 10.3. The first-order chi connectivity index (χ1) is 11.5. The minimum atomic E-state index is -1.12. The summed E-state index contributed by atoms with van der Waals surface area (Å²) < 4.78 is 16.3. The zero-order chi connectivity index (χ0) is 17.6. The van der Waals surface area contributed by atoms with Crippen molar-refractivity contribution in [1.82, 2.24) is 0 Å². The van der Waals surface area contributed by atoms with Gasteiger partial charge in [-0.3, -0.25) is 4.79 Å². The number of aliphatic hydroxyl groups is 1. The van der Waals surface area contributed by atoms with Crippen LogP contribution in [0, 0.1) is 5.92 Å². The van der Waals surface area contributed by atoms with Crippen molar-refractivity contribution in [3.05, 3.63) is 53.8 Å². The normalized spacial score (nSPS) is 23.0. The van der Waals surface area contributed by atoms with Gasteiger partial charge >= 0.3 is 0 Å². The lowest BCUT2D eigenvalue weighted by molar-refractivity contribution is -0.156. The van der Waals surface area contributed by atoms with Crippen molar-refractivity contribution < 1.29 is 24.1 Å². The number of benzene rings is 1. The first kappa shape index (κ1) is 18.2. The number of allylic oxidation sites excluding steroid dienone is 1. The number of ether oxygens (including phenoxy) is 3. The molecule has 2 atom stereocenters. The van der Waals surface area contributed by atoms with Gasteiger partial charge in [-0.05, 0) is 24.6 Å². The van der Waals surface area contributed by atoms with E-state index < -0.39 is 11.7 Å². The number of hydrogen-bond donors (Lipinski definition) is 1. The van der Waals surface area contributed by atoms with E-state index >= 15 is 0 Å². The number of ketones is 1. The molecule has 0 aromatic heterocycles. The van der Waals surface area contributed by atoms with Crippen molar-refractivity contribution in [2.45, 2.75) is 25.6 Å². The molecule has 0 radical (unpaired) electrons. The highest BCUT2D eigenvalue weighted by atomic mass is 16.7. The number of rotatable bonds is 8. The second kappa shape index (κ2) is 8.13. The zero-order valence-electron chi connectivity index (χ0n) is 14.3. The smallest absolute Gasteiger partial charge is 0.211 e. The lowest BCUT2D eigenvalue weighted by Crippen LogP contribution is -2.35. The molecule has 1 N–H and O–H groups in total. The molecule has 2 unspecified atom stereocenters. The average Bonchev–Trinajstić information content (AvgIpc) is 2.61. The van der Waals surface area contributed by atoms with Crippen LogP contribution in [0.2, 0.25) is 0 Å². The van der Waals surface area contributed by atoms with E-state index in [1.54, 1.807) is 43.5 Å². The van der Waals surface area contributed by atoms with Gasteiger partial charge in [0.2, 0.25) is 5.79 Å². The Balaban J connectivity index is 2.17. The van der Waals surface area contributed by atoms with E-state index in [1.165, 1.54) is 13.2 Å². The van der Waals surface area contributed by atoms with Crippen LogP contribution in [0.4, 0.5) is 0 Å². The van der Waals surface area contributed by atoms with Crippen LogP contribution in [0.15, 0.2) is 48.3 Å². The molecule has 0 heterocycles. The third-order valence-electron chi connectivity index (χ3n) is 3.97. The van der Waals surface area contributed by atoms with Crippen LogP contribution in [-0.2, 0) is 9.47 Å². The third kappa shape index (κ3) is 4.04. The highest BCUT2D eigenvalue weighted by Crippen LogP contribution is 2.30. The van der Waals surface area contributed by atoms with Crippen LogP contribution < -0.4 is 4.74 Å². The van der Waals surface area contributed by atoms with Crippen LogP contribution in [0.3, 0.4) is 0 Å². The first-order valence-corrected chi connectivity index (χ1v) is 8.03. The topological polar surface area (TPSA) is 65.0 Å². The first-order valence-electron chi connectivity index (χ1n) is 8.03. The summed E-state index contributed by atoms with van der Waals surface area (Å²) in [5.41, 5.74) is 0.473. The molecule has 5 heteroatoms. The van der Waals surface area contributed by atoms with E-state index in [0.29, 0.717) is 17.9 Å². The van der Waals surface area contributed by atoms with Crippen LogP contribution in [0.1, 0.15) is 30.1 Å². The summed E-state index contributed by atoms with van der Waals surface area (Å²) in [7, 11) is 3.05. The molecule has 5 nitrogen and oxygen atoms in total. The summed E-state index contributed by atoms with van der Waals surface area (Å²) in [5.74, 6) is -1.57. The SMILES string of the molecule is CCCCOC1(OC)C=CC(C(=O)c2cccc(OC)c2)C(O)=C1. The Morgan fingerprint density at radius 2 is 2.12 bits per heavy atom. The maximum Gasteiger partial charge on any atom is 0.211 e. The van der Waals surface area contributed by atoms with Crippen LogP contribution >= 0.6 is 0 Å². The second-order valence-corrected chi connectivity index (χ2v) is 5.63. The molecule has 0 saturated carbocycles. The van der Waals surface area contributed by atoms with Crippen molar-refractivity contribution in [2.75, 3.05) is 20.8 Å². The van der Waals surface area contributed by atoms with Crippen molar-refractivity contribution in [3.8, 4) is 5.75 Å². The lowest BCUT2D eigenvalue weighted by atomic mass is 9.90. The number of unbranched alkanes of at least 4 members (excludes halogenated alkanes) is 1. The molecule has 0 aliphatic heterocycles. The molecule has 0 spiro atoms. The molecule has 130 valence electrons. The Morgan fingerprint density at radius 1 is 1.33 bits per heavy atom. The minimum Gasteiger partial charge on any atom is -0.511 e. The van der Waals surface area contributed by atoms with Gasteiger partial charge in [0.05, 0.1) is 19.6 Å². The molecule has 1 aromatic carbocycles. The van der Waals surface area contributed by atoms with Gasteiger partial charge in [0, 0.05) is 18.7 Å². The molecule has 0 amide bonds. The Kier molecular flexibility index (Phi) is 6.17. The van der Waals surface area contributed by atoms with Gasteiger partial charge in [-0.1, -0.05) is 31.6 Å². The predicted octanol–water partition coefficient (Wildman–Crippen LogP) is 3.67. The Labute approximate surface area is 142 Å². The Morgan fingerprint density at radius 3 is 2.75 bits per heavy atom. The summed E-state index contributed by atoms with van der Waals surface area (Å²) in [6.45, 7) is 2.57. The molecule has 0 bridgehead atoms. The highest BCUT2D eigenvalue weighted by Gasteiger charge is 2.34. The van der Waals surface area contributed by atoms with Crippen LogP contribution in [0.25, 0.3) is 0 Å². The number of carbonyl (C=O) groups is 1. The number of Topliss-reactive ketones (excluding diaryl/α,β-unsaturated/α-hetero) is 1. The van der Waals surface area contributed by atoms with Gasteiger partial charge in [-0.25, -0.2) is 0 Å². The molecular weight excluding hydrogens is 308 g/mol. The number of aliphatic hydroxyl groups excluding tert-OH is 1. The van der Waals surface area contributed by atoms with Gasteiger partial charge in [-0.15, -0.1) is 0 Å². The fourth-order valence-electron chi connectivity index (χ4n) is 2.50. The summed E-state index contributed by atoms with van der Waals surface area (Å²) >= 11 is 0. The summed E-state index contributed by atoms with van der Waals surface area (Å²) in [6.07, 6.45) is 6.62. The predicted molar refractivity (Wildman–Crippen MR) is 91.3 cm³/mol. The molecule has 0 fully saturated rings. The van der Waals surface area contributed by atoms with E-state index in [9.17, 15) is 9.90 Å². The summed E-state index contributed by atoms with van der Waals surface area (Å²) in [4.78, 5) is 12.6. The number of methoxy groups -OCH3 is 2. The molecule has 24 heavy (non-hydrogen) atoms.